The molecule has 8 heteroatoms. The zero-order chi connectivity index (χ0) is 22.4. The van der Waals surface area contributed by atoms with Crippen molar-refractivity contribution in [2.75, 3.05) is 14.2 Å². The van der Waals surface area contributed by atoms with Gasteiger partial charge in [0.2, 0.25) is 0 Å². The SMILES string of the molecule is COc1cc(/C=N/NC(=O)C(O)(c2ccc(Cl)cc2)c2ccc(Cl)cc2)cc(OC)c1. The fourth-order valence-electron chi connectivity index (χ4n) is 2.96. The van der Waals surface area contributed by atoms with Gasteiger partial charge in [-0.25, -0.2) is 5.43 Å². The van der Waals surface area contributed by atoms with Gasteiger partial charge >= 0.3 is 0 Å². The van der Waals surface area contributed by atoms with Crippen molar-refractivity contribution < 1.29 is 19.4 Å². The maximum absolute atomic E-state index is 13.1. The lowest BCUT2D eigenvalue weighted by Crippen LogP contribution is -2.43. The normalized spacial score (nSPS) is 11.4. The summed E-state index contributed by atoms with van der Waals surface area (Å²) in [6.07, 6.45) is 1.42. The zero-order valence-electron chi connectivity index (χ0n) is 16.8. The number of aliphatic hydroxyl groups is 1. The van der Waals surface area contributed by atoms with E-state index < -0.39 is 11.5 Å². The lowest BCUT2D eigenvalue weighted by atomic mass is 9.85. The Morgan fingerprint density at radius 2 is 1.35 bits per heavy atom. The van der Waals surface area contributed by atoms with Gasteiger partial charge < -0.3 is 14.6 Å². The number of hydrogen-bond acceptors (Lipinski definition) is 5. The standard InChI is InChI=1S/C23H20Cl2N2O4/c1-30-20-11-15(12-21(13-20)31-2)14-26-27-22(28)23(29,16-3-7-18(24)8-4-16)17-5-9-19(25)10-6-17/h3-14,29H,1-2H3,(H,27,28)/b26-14+. The highest BCUT2D eigenvalue weighted by Gasteiger charge is 2.40. The lowest BCUT2D eigenvalue weighted by molar-refractivity contribution is -0.136. The summed E-state index contributed by atoms with van der Waals surface area (Å²) < 4.78 is 10.4. The van der Waals surface area contributed by atoms with Crippen molar-refractivity contribution in [1.82, 2.24) is 5.43 Å². The predicted octanol–water partition coefficient (Wildman–Crippen LogP) is 4.40. The molecular formula is C23H20Cl2N2O4. The number of rotatable bonds is 7. The summed E-state index contributed by atoms with van der Waals surface area (Å²) in [7, 11) is 3.08. The fourth-order valence-corrected chi connectivity index (χ4v) is 3.21. The molecule has 31 heavy (non-hydrogen) atoms. The molecule has 0 aromatic heterocycles. The molecule has 0 saturated carbocycles. The number of hydrogen-bond donors (Lipinski definition) is 2. The molecule has 0 aliphatic heterocycles. The van der Waals surface area contributed by atoms with Gasteiger partial charge in [0.25, 0.3) is 5.91 Å². The molecule has 2 N–H and O–H groups in total. The first-order valence-corrected chi connectivity index (χ1v) is 9.93. The van der Waals surface area contributed by atoms with E-state index in [0.717, 1.165) is 0 Å². The summed E-state index contributed by atoms with van der Waals surface area (Å²) in [5, 5.41) is 16.4. The first-order valence-electron chi connectivity index (χ1n) is 9.18. The largest absolute Gasteiger partial charge is 0.497 e. The van der Waals surface area contributed by atoms with Crippen LogP contribution in [-0.4, -0.2) is 31.4 Å². The van der Waals surface area contributed by atoms with Crippen molar-refractivity contribution in [2.24, 2.45) is 5.10 Å². The van der Waals surface area contributed by atoms with Gasteiger partial charge in [0, 0.05) is 21.7 Å². The second kappa shape index (κ2) is 9.83. The van der Waals surface area contributed by atoms with Crippen molar-refractivity contribution in [2.45, 2.75) is 5.60 Å². The van der Waals surface area contributed by atoms with Crippen LogP contribution in [0.5, 0.6) is 11.5 Å². The number of amides is 1. The van der Waals surface area contributed by atoms with Gasteiger partial charge in [-0.05, 0) is 47.5 Å². The Morgan fingerprint density at radius 1 is 0.903 bits per heavy atom. The van der Waals surface area contributed by atoms with Crippen LogP contribution in [0, 0.1) is 0 Å². The summed E-state index contributed by atoms with van der Waals surface area (Å²) in [4.78, 5) is 13.1. The van der Waals surface area contributed by atoms with Crippen LogP contribution in [0.3, 0.4) is 0 Å². The molecule has 0 saturated heterocycles. The van der Waals surface area contributed by atoms with Crippen molar-refractivity contribution >= 4 is 35.3 Å². The number of benzene rings is 3. The van der Waals surface area contributed by atoms with Crippen LogP contribution < -0.4 is 14.9 Å². The van der Waals surface area contributed by atoms with Crippen molar-refractivity contribution in [3.05, 3.63) is 93.5 Å². The van der Waals surface area contributed by atoms with E-state index in [2.05, 4.69) is 10.5 Å². The van der Waals surface area contributed by atoms with Gasteiger partial charge in [-0.3, -0.25) is 4.79 Å². The third kappa shape index (κ3) is 5.17. The quantitative estimate of drug-likeness (QED) is 0.406. The highest BCUT2D eigenvalue weighted by molar-refractivity contribution is 6.30. The van der Waals surface area contributed by atoms with E-state index in [0.29, 0.717) is 38.2 Å². The van der Waals surface area contributed by atoms with E-state index in [1.54, 1.807) is 66.7 Å². The van der Waals surface area contributed by atoms with Gasteiger partial charge in [-0.2, -0.15) is 5.10 Å². The molecule has 0 bridgehead atoms. The zero-order valence-corrected chi connectivity index (χ0v) is 18.3. The first-order chi connectivity index (χ1) is 14.9. The number of halogens is 2. The Balaban J connectivity index is 1.91. The molecule has 0 radical (unpaired) electrons. The smallest absolute Gasteiger partial charge is 0.281 e. The van der Waals surface area contributed by atoms with Gasteiger partial charge in [0.1, 0.15) is 11.5 Å². The minimum Gasteiger partial charge on any atom is -0.497 e. The van der Waals surface area contributed by atoms with Crippen LogP contribution in [0.2, 0.25) is 10.0 Å². The third-order valence-corrected chi connectivity index (χ3v) is 5.11. The van der Waals surface area contributed by atoms with E-state index >= 15 is 0 Å². The predicted molar refractivity (Wildman–Crippen MR) is 121 cm³/mol. The Hall–Kier alpha value is -3.06. The molecule has 0 aliphatic rings. The molecular weight excluding hydrogens is 439 g/mol. The monoisotopic (exact) mass is 458 g/mol. The molecule has 3 aromatic rings. The number of hydrazone groups is 1. The average molecular weight is 459 g/mol. The molecule has 0 atom stereocenters. The Kier molecular flexibility index (Phi) is 7.17. The van der Waals surface area contributed by atoms with Crippen molar-refractivity contribution in [1.29, 1.82) is 0 Å². The molecule has 160 valence electrons. The second-order valence-electron chi connectivity index (χ2n) is 6.57. The third-order valence-electron chi connectivity index (χ3n) is 4.61. The molecule has 6 nitrogen and oxygen atoms in total. The topological polar surface area (TPSA) is 80.2 Å². The second-order valence-corrected chi connectivity index (χ2v) is 7.44. The molecule has 0 fully saturated rings. The number of methoxy groups -OCH3 is 2. The van der Waals surface area contributed by atoms with E-state index in [1.807, 2.05) is 0 Å². The van der Waals surface area contributed by atoms with E-state index in [9.17, 15) is 9.90 Å². The van der Waals surface area contributed by atoms with Crippen LogP contribution in [0.4, 0.5) is 0 Å². The van der Waals surface area contributed by atoms with Crippen LogP contribution >= 0.6 is 23.2 Å². The van der Waals surface area contributed by atoms with E-state index in [1.165, 1.54) is 20.4 Å². The Bertz CT molecular complexity index is 1020. The fraction of sp³-hybridized carbons (Fsp3) is 0.130. The summed E-state index contributed by atoms with van der Waals surface area (Å²) in [6.45, 7) is 0. The van der Waals surface area contributed by atoms with Gasteiger partial charge in [-0.15, -0.1) is 0 Å². The number of carbonyl (C=O) groups excluding carboxylic acids is 1. The minimum absolute atomic E-state index is 0.329. The van der Waals surface area contributed by atoms with Gasteiger partial charge in [0.05, 0.1) is 20.4 Å². The van der Waals surface area contributed by atoms with Crippen molar-refractivity contribution in [3.63, 3.8) is 0 Å². The van der Waals surface area contributed by atoms with Crippen LogP contribution in [0.1, 0.15) is 16.7 Å². The summed E-state index contributed by atoms with van der Waals surface area (Å²) in [5.74, 6) is 0.403. The Morgan fingerprint density at radius 3 is 1.77 bits per heavy atom. The minimum atomic E-state index is -2.02. The molecule has 0 spiro atoms. The van der Waals surface area contributed by atoms with Crippen LogP contribution in [0.15, 0.2) is 71.8 Å². The molecule has 0 unspecified atom stereocenters. The molecule has 1 amide bonds. The number of nitrogens with zero attached hydrogens (tertiary/aromatic N) is 1. The molecule has 3 rings (SSSR count). The number of nitrogens with one attached hydrogen (secondary N) is 1. The average Bonchev–Trinajstić information content (AvgIpc) is 2.79. The summed E-state index contributed by atoms with van der Waals surface area (Å²) >= 11 is 11.9. The molecule has 0 heterocycles. The Labute approximate surface area is 190 Å². The number of ether oxygens (including phenoxy) is 2. The van der Waals surface area contributed by atoms with Gasteiger partial charge in [-0.1, -0.05) is 47.5 Å². The lowest BCUT2D eigenvalue weighted by Gasteiger charge is -2.27. The van der Waals surface area contributed by atoms with Crippen LogP contribution in [0.25, 0.3) is 0 Å². The first kappa shape index (κ1) is 22.6. The number of carbonyl (C=O) groups is 1. The molecule has 3 aromatic carbocycles. The highest BCUT2D eigenvalue weighted by atomic mass is 35.5. The van der Waals surface area contributed by atoms with E-state index in [4.69, 9.17) is 32.7 Å². The highest BCUT2D eigenvalue weighted by Crippen LogP contribution is 2.32. The summed E-state index contributed by atoms with van der Waals surface area (Å²) in [5.41, 5.74) is 1.68. The maximum Gasteiger partial charge on any atom is 0.281 e. The van der Waals surface area contributed by atoms with Crippen LogP contribution in [-0.2, 0) is 10.4 Å². The van der Waals surface area contributed by atoms with E-state index in [-0.39, 0.29) is 0 Å². The van der Waals surface area contributed by atoms with Crippen molar-refractivity contribution in [3.8, 4) is 11.5 Å². The maximum atomic E-state index is 13.1. The van der Waals surface area contributed by atoms with Gasteiger partial charge in [0.15, 0.2) is 5.60 Å². The molecule has 0 aliphatic carbocycles. The summed E-state index contributed by atoms with van der Waals surface area (Å²) in [6, 6.07) is 17.9.